The number of rotatable bonds is 2. The molecule has 0 bridgehead atoms. The smallest absolute Gasteiger partial charge is 0.339 e. The van der Waals surface area contributed by atoms with Crippen LogP contribution in [0.1, 0.15) is 10.4 Å². The molecule has 0 N–H and O–H groups in total. The number of hydrogen-bond acceptors (Lipinski definition) is 3. The number of ether oxygens (including phenoxy) is 1. The molecule has 0 aliphatic rings. The van der Waals surface area contributed by atoms with Crippen LogP contribution in [0.3, 0.4) is 0 Å². The van der Waals surface area contributed by atoms with Crippen LogP contribution in [0.15, 0.2) is 12.3 Å². The molecule has 0 unspecified atom stereocenters. The van der Waals surface area contributed by atoms with Gasteiger partial charge in [0.2, 0.25) is 0 Å². The normalized spacial score (nSPS) is 10.7. The molecule has 0 aliphatic carbocycles. The first-order valence-corrected chi connectivity index (χ1v) is 7.82. The molecule has 1 aromatic heterocycles. The van der Waals surface area contributed by atoms with Gasteiger partial charge >= 0.3 is 5.97 Å². The van der Waals surface area contributed by atoms with Gasteiger partial charge in [0.1, 0.15) is 0 Å². The predicted molar refractivity (Wildman–Crippen MR) is 91.1 cm³/mol. The highest BCUT2D eigenvalue weighted by atomic mass is 35.5. The lowest BCUT2D eigenvalue weighted by molar-refractivity contribution is 0.0601. The zero-order chi connectivity index (χ0) is 16.6. The number of carbonyl (C=O) groups excluding carboxylic acids is 1. The number of esters is 1. The fourth-order valence-corrected chi connectivity index (χ4v) is 3.30. The van der Waals surface area contributed by atoms with Crippen LogP contribution in [-0.2, 0) is 4.74 Å². The first-order chi connectivity index (χ1) is 10.3. The number of methoxy groups -OCH3 is 1. The molecular weight excluding hydrogens is 415 g/mol. The quantitative estimate of drug-likeness (QED) is 0.318. The summed E-state index contributed by atoms with van der Waals surface area (Å²) in [7, 11) is 1.23. The molecule has 0 atom stereocenters. The zero-order valence-electron chi connectivity index (χ0n) is 10.7. The molecular formula is C13H5Cl6NO2. The molecule has 0 aliphatic heterocycles. The lowest BCUT2D eigenvalue weighted by atomic mass is 10.1. The molecule has 0 spiro atoms. The van der Waals surface area contributed by atoms with E-state index < -0.39 is 5.97 Å². The molecule has 1 aromatic carbocycles. The van der Waals surface area contributed by atoms with Crippen LogP contribution < -0.4 is 0 Å². The van der Waals surface area contributed by atoms with Gasteiger partial charge in [0, 0.05) is 11.8 Å². The molecule has 2 rings (SSSR count). The Balaban J connectivity index is 2.82. The summed E-state index contributed by atoms with van der Waals surface area (Å²) in [5, 5.41) is 0.0908. The van der Waals surface area contributed by atoms with Crippen molar-refractivity contribution in [2.45, 2.75) is 0 Å². The molecule has 0 saturated heterocycles. The maximum Gasteiger partial charge on any atom is 0.339 e. The Hall–Kier alpha value is -0.420. The highest BCUT2D eigenvalue weighted by Crippen LogP contribution is 2.49. The fourth-order valence-electron chi connectivity index (χ4n) is 1.70. The Morgan fingerprint density at radius 3 is 1.91 bits per heavy atom. The molecule has 9 heteroatoms. The van der Waals surface area contributed by atoms with E-state index in [1.165, 1.54) is 19.4 Å². The van der Waals surface area contributed by atoms with Gasteiger partial charge in [-0.05, 0) is 6.07 Å². The van der Waals surface area contributed by atoms with E-state index in [9.17, 15) is 4.79 Å². The van der Waals surface area contributed by atoms with E-state index in [1.807, 2.05) is 0 Å². The molecule has 0 saturated carbocycles. The third-order valence-corrected chi connectivity index (χ3v) is 5.40. The minimum atomic E-state index is -0.632. The van der Waals surface area contributed by atoms with Crippen LogP contribution in [0.4, 0.5) is 0 Å². The van der Waals surface area contributed by atoms with Crippen LogP contribution in [0.25, 0.3) is 11.3 Å². The molecule has 116 valence electrons. The van der Waals surface area contributed by atoms with Gasteiger partial charge in [0.05, 0.1) is 48.5 Å². The predicted octanol–water partition coefficient (Wildman–Crippen LogP) is 6.46. The van der Waals surface area contributed by atoms with Crippen LogP contribution in [0.5, 0.6) is 0 Å². The van der Waals surface area contributed by atoms with E-state index in [4.69, 9.17) is 69.6 Å². The third-order valence-electron chi connectivity index (χ3n) is 2.74. The Morgan fingerprint density at radius 2 is 1.41 bits per heavy atom. The van der Waals surface area contributed by atoms with Crippen LogP contribution in [-0.4, -0.2) is 18.1 Å². The fraction of sp³-hybridized carbons (Fsp3) is 0.0769. The average molecular weight is 420 g/mol. The van der Waals surface area contributed by atoms with E-state index in [2.05, 4.69) is 9.72 Å². The Bertz CT molecular complexity index is 749. The number of nitrogens with zero attached hydrogens (tertiary/aromatic N) is 1. The second-order valence-electron chi connectivity index (χ2n) is 3.96. The lowest BCUT2D eigenvalue weighted by Crippen LogP contribution is -2.04. The van der Waals surface area contributed by atoms with Crippen LogP contribution in [0, 0.1) is 0 Å². The van der Waals surface area contributed by atoms with E-state index in [0.29, 0.717) is 0 Å². The Morgan fingerprint density at radius 1 is 0.909 bits per heavy atom. The van der Waals surface area contributed by atoms with Crippen LogP contribution >= 0.6 is 69.6 Å². The number of hydrogen-bond donors (Lipinski definition) is 0. The van der Waals surface area contributed by atoms with Gasteiger partial charge in [-0.2, -0.15) is 0 Å². The van der Waals surface area contributed by atoms with Crippen molar-refractivity contribution in [3.63, 3.8) is 0 Å². The number of carbonyl (C=O) groups is 1. The Kier molecular flexibility index (Phi) is 5.70. The van der Waals surface area contributed by atoms with Crippen LogP contribution in [0.2, 0.25) is 30.1 Å². The lowest BCUT2D eigenvalue weighted by Gasteiger charge is -2.14. The summed E-state index contributed by atoms with van der Waals surface area (Å²) in [4.78, 5) is 15.8. The number of aromatic nitrogens is 1. The molecule has 3 nitrogen and oxygen atoms in total. The van der Waals surface area contributed by atoms with Crippen molar-refractivity contribution in [1.29, 1.82) is 0 Å². The van der Waals surface area contributed by atoms with E-state index >= 15 is 0 Å². The summed E-state index contributed by atoms with van der Waals surface area (Å²) in [6.07, 6.45) is 1.36. The Labute approximate surface area is 156 Å². The molecule has 22 heavy (non-hydrogen) atoms. The molecule has 1 heterocycles. The maximum atomic E-state index is 11.7. The summed E-state index contributed by atoms with van der Waals surface area (Å²) in [5.41, 5.74) is 0.419. The highest BCUT2D eigenvalue weighted by Gasteiger charge is 2.25. The van der Waals surface area contributed by atoms with Crippen molar-refractivity contribution in [3.8, 4) is 11.3 Å². The van der Waals surface area contributed by atoms with E-state index in [1.54, 1.807) is 0 Å². The average Bonchev–Trinajstić information content (AvgIpc) is 2.52. The monoisotopic (exact) mass is 417 g/mol. The summed E-state index contributed by atoms with van der Waals surface area (Å²) in [6.45, 7) is 0. The summed E-state index contributed by atoms with van der Waals surface area (Å²) in [6, 6.07) is 1.40. The second kappa shape index (κ2) is 7.00. The highest BCUT2D eigenvalue weighted by molar-refractivity contribution is 6.56. The van der Waals surface area contributed by atoms with Gasteiger partial charge in [0.25, 0.3) is 0 Å². The van der Waals surface area contributed by atoms with Crippen molar-refractivity contribution in [1.82, 2.24) is 4.98 Å². The number of benzene rings is 1. The van der Waals surface area contributed by atoms with Crippen molar-refractivity contribution in [2.24, 2.45) is 0 Å². The summed E-state index contributed by atoms with van der Waals surface area (Å²) < 4.78 is 4.64. The van der Waals surface area contributed by atoms with Gasteiger partial charge in [-0.25, -0.2) is 4.79 Å². The third kappa shape index (κ3) is 2.99. The second-order valence-corrected chi connectivity index (χ2v) is 6.23. The van der Waals surface area contributed by atoms with E-state index in [0.717, 1.165) is 0 Å². The van der Waals surface area contributed by atoms with Gasteiger partial charge in [0.15, 0.2) is 0 Å². The van der Waals surface area contributed by atoms with Crippen molar-refractivity contribution in [2.75, 3.05) is 7.11 Å². The van der Waals surface area contributed by atoms with Gasteiger partial charge in [-0.1, -0.05) is 69.6 Å². The molecule has 0 amide bonds. The van der Waals surface area contributed by atoms with Gasteiger partial charge in [-0.3, -0.25) is 4.98 Å². The number of pyridine rings is 1. The van der Waals surface area contributed by atoms with Gasteiger partial charge < -0.3 is 4.74 Å². The standard InChI is InChI=1S/C13H5Cl6NO2/c1-22-13(21)4-2-3-20-12(6(4)14)5-7(15)9(17)11(19)10(18)8(5)16/h2-3H,1H3. The van der Waals surface area contributed by atoms with Gasteiger partial charge in [-0.15, -0.1) is 0 Å². The largest absolute Gasteiger partial charge is 0.465 e. The van der Waals surface area contributed by atoms with Crippen molar-refractivity contribution < 1.29 is 9.53 Å². The first kappa shape index (κ1) is 17.9. The van der Waals surface area contributed by atoms with E-state index in [-0.39, 0.29) is 47.0 Å². The molecule has 0 fully saturated rings. The topological polar surface area (TPSA) is 39.2 Å². The first-order valence-electron chi connectivity index (χ1n) is 5.55. The molecule has 0 radical (unpaired) electrons. The number of halogens is 6. The summed E-state index contributed by atoms with van der Waals surface area (Å²) >= 11 is 36.5. The maximum absolute atomic E-state index is 11.7. The minimum Gasteiger partial charge on any atom is -0.465 e. The minimum absolute atomic E-state index is 0.00704. The van der Waals surface area contributed by atoms with Crippen molar-refractivity contribution in [3.05, 3.63) is 48.0 Å². The molecule has 2 aromatic rings. The SMILES string of the molecule is COC(=O)c1ccnc(-c2c(Cl)c(Cl)c(Cl)c(Cl)c2Cl)c1Cl. The zero-order valence-corrected chi connectivity index (χ0v) is 15.2. The summed E-state index contributed by atoms with van der Waals surface area (Å²) in [5.74, 6) is -0.632. The van der Waals surface area contributed by atoms with Crippen molar-refractivity contribution >= 4 is 75.6 Å².